The lowest BCUT2D eigenvalue weighted by atomic mass is 10.0. The highest BCUT2D eigenvalue weighted by molar-refractivity contribution is 6.31. The molecule has 6 heteroatoms. The van der Waals surface area contributed by atoms with Crippen LogP contribution in [0, 0.1) is 18.2 Å². The average molecular weight is 421 g/mol. The van der Waals surface area contributed by atoms with Crippen molar-refractivity contribution in [1.29, 1.82) is 0 Å². The summed E-state index contributed by atoms with van der Waals surface area (Å²) in [6.45, 7) is -0.0392. The second kappa shape index (κ2) is 9.73. The van der Waals surface area contributed by atoms with Gasteiger partial charge in [-0.25, -0.2) is 4.39 Å². The van der Waals surface area contributed by atoms with E-state index < -0.39 is 23.7 Å². The molecule has 0 bridgehead atoms. The highest BCUT2D eigenvalue weighted by Crippen LogP contribution is 2.29. The molecule has 0 aliphatic heterocycles. The van der Waals surface area contributed by atoms with E-state index in [0.29, 0.717) is 21.8 Å². The summed E-state index contributed by atoms with van der Waals surface area (Å²) in [5.74, 6) is 0.437. The van der Waals surface area contributed by atoms with Crippen molar-refractivity contribution in [3.05, 3.63) is 101 Å². The molecule has 3 aromatic rings. The van der Waals surface area contributed by atoms with Crippen LogP contribution in [0.25, 0.3) is 0 Å². The van der Waals surface area contributed by atoms with Crippen LogP contribution in [0.2, 0.25) is 5.02 Å². The molecule has 0 aliphatic carbocycles. The molecule has 0 spiro atoms. The number of nitrogens with zero attached hydrogens (tertiary/aromatic N) is 1. The Kier molecular flexibility index (Phi) is 6.84. The lowest BCUT2D eigenvalue weighted by molar-refractivity contribution is -0.125. The van der Waals surface area contributed by atoms with Crippen LogP contribution >= 0.6 is 11.6 Å². The van der Waals surface area contributed by atoms with Crippen LogP contribution in [0.3, 0.4) is 0 Å². The smallest absolute Gasteiger partial charge is 0.303 e. The molecule has 0 radical (unpaired) electrons. The van der Waals surface area contributed by atoms with Crippen LogP contribution in [-0.4, -0.2) is 11.8 Å². The number of terminal acetylenes is 1. The summed E-state index contributed by atoms with van der Waals surface area (Å²) in [4.78, 5) is 27.1. The highest BCUT2D eigenvalue weighted by Gasteiger charge is 2.32. The van der Waals surface area contributed by atoms with Gasteiger partial charge in [0, 0.05) is 22.8 Å². The summed E-state index contributed by atoms with van der Waals surface area (Å²) < 4.78 is 14.0. The Labute approximate surface area is 179 Å². The minimum absolute atomic E-state index is 0.0392. The molecule has 2 amide bonds. The number of amides is 2. The van der Waals surface area contributed by atoms with E-state index in [0.717, 1.165) is 0 Å². The van der Waals surface area contributed by atoms with Crippen LogP contribution in [0.4, 0.5) is 10.1 Å². The van der Waals surface area contributed by atoms with Crippen LogP contribution in [-0.2, 0) is 16.1 Å². The van der Waals surface area contributed by atoms with E-state index in [2.05, 4.69) is 11.2 Å². The van der Waals surface area contributed by atoms with Gasteiger partial charge >= 0.3 is 5.91 Å². The number of hydrogen-bond donors (Lipinski definition) is 1. The topological polar surface area (TPSA) is 49.4 Å². The van der Waals surface area contributed by atoms with Crippen molar-refractivity contribution in [3.63, 3.8) is 0 Å². The van der Waals surface area contributed by atoms with Gasteiger partial charge in [-0.05, 0) is 35.7 Å². The van der Waals surface area contributed by atoms with Gasteiger partial charge in [-0.15, -0.1) is 6.42 Å². The van der Waals surface area contributed by atoms with Gasteiger partial charge in [-0.3, -0.25) is 14.5 Å². The van der Waals surface area contributed by atoms with Gasteiger partial charge in [0.2, 0.25) is 5.91 Å². The molecule has 1 atom stereocenters. The summed E-state index contributed by atoms with van der Waals surface area (Å²) >= 11 is 6.09. The predicted octanol–water partition coefficient (Wildman–Crippen LogP) is 4.50. The van der Waals surface area contributed by atoms with Crippen LogP contribution in [0.15, 0.2) is 78.9 Å². The Bertz CT molecular complexity index is 1100. The van der Waals surface area contributed by atoms with E-state index in [1.165, 1.54) is 11.0 Å². The van der Waals surface area contributed by atoms with Gasteiger partial charge in [-0.2, -0.15) is 0 Å². The van der Waals surface area contributed by atoms with Crippen molar-refractivity contribution in [3.8, 4) is 12.3 Å². The van der Waals surface area contributed by atoms with Gasteiger partial charge in [0.25, 0.3) is 0 Å². The lowest BCUT2D eigenvalue weighted by Gasteiger charge is -2.30. The van der Waals surface area contributed by atoms with Gasteiger partial charge in [0.15, 0.2) is 0 Å². The Morgan fingerprint density at radius 1 is 1.03 bits per heavy atom. The molecular formula is C24H18ClFN2O2. The van der Waals surface area contributed by atoms with Crippen LogP contribution in [0.5, 0.6) is 0 Å². The van der Waals surface area contributed by atoms with Crippen molar-refractivity contribution in [2.24, 2.45) is 0 Å². The average Bonchev–Trinajstić information content (AvgIpc) is 2.76. The Morgan fingerprint density at radius 2 is 1.73 bits per heavy atom. The standard InChI is InChI=1S/C24H18ClFN2O2/c1-2-22(29)28(20-13-8-12-19(25)15-20)23(17-9-4-3-5-10-17)24(30)27-16-18-11-6-7-14-21(18)26/h1,3-15,23H,16H2,(H,27,30). The van der Waals surface area contributed by atoms with Gasteiger partial charge in [-0.1, -0.05) is 66.2 Å². The zero-order chi connectivity index (χ0) is 21.5. The second-order valence-electron chi connectivity index (χ2n) is 6.42. The summed E-state index contributed by atoms with van der Waals surface area (Å²) in [6.07, 6.45) is 5.39. The Morgan fingerprint density at radius 3 is 2.40 bits per heavy atom. The van der Waals surface area contributed by atoms with E-state index in [4.69, 9.17) is 18.0 Å². The maximum atomic E-state index is 14.0. The molecule has 30 heavy (non-hydrogen) atoms. The minimum atomic E-state index is -1.07. The van der Waals surface area contributed by atoms with Crippen LogP contribution < -0.4 is 10.2 Å². The molecule has 0 saturated heterocycles. The molecule has 3 rings (SSSR count). The third-order valence-corrected chi connectivity index (χ3v) is 4.70. The number of hydrogen-bond acceptors (Lipinski definition) is 2. The van der Waals surface area contributed by atoms with Crippen molar-refractivity contribution in [1.82, 2.24) is 5.32 Å². The molecule has 1 N–H and O–H groups in total. The Balaban J connectivity index is 2.00. The molecule has 1 unspecified atom stereocenters. The molecule has 0 aromatic heterocycles. The molecule has 4 nitrogen and oxygen atoms in total. The predicted molar refractivity (Wildman–Crippen MR) is 115 cm³/mol. The quantitative estimate of drug-likeness (QED) is 0.597. The van der Waals surface area contributed by atoms with E-state index in [-0.39, 0.29) is 6.54 Å². The first-order valence-electron chi connectivity index (χ1n) is 9.12. The van der Waals surface area contributed by atoms with E-state index in [1.54, 1.807) is 72.8 Å². The zero-order valence-corrected chi connectivity index (χ0v) is 16.6. The summed E-state index contributed by atoms with van der Waals surface area (Å²) in [7, 11) is 0. The molecule has 0 saturated carbocycles. The third-order valence-electron chi connectivity index (χ3n) is 4.46. The summed E-state index contributed by atoms with van der Waals surface area (Å²) in [5.41, 5.74) is 1.25. The monoisotopic (exact) mass is 420 g/mol. The SMILES string of the molecule is C#CC(=O)N(c1cccc(Cl)c1)C(C(=O)NCc1ccccc1F)c1ccccc1. The fraction of sp³-hybridized carbons (Fsp3) is 0.0833. The van der Waals surface area contributed by atoms with E-state index in [1.807, 2.05) is 0 Å². The van der Waals surface area contributed by atoms with Crippen molar-refractivity contribution in [2.45, 2.75) is 12.6 Å². The first-order valence-corrected chi connectivity index (χ1v) is 9.50. The molecule has 150 valence electrons. The van der Waals surface area contributed by atoms with Gasteiger partial charge in [0.05, 0.1) is 0 Å². The number of carbonyl (C=O) groups excluding carboxylic acids is 2. The third kappa shape index (κ3) is 4.86. The van der Waals surface area contributed by atoms with Crippen molar-refractivity contribution in [2.75, 3.05) is 4.90 Å². The molecule has 3 aromatic carbocycles. The minimum Gasteiger partial charge on any atom is -0.350 e. The number of halogens is 2. The second-order valence-corrected chi connectivity index (χ2v) is 6.86. The number of carbonyl (C=O) groups is 2. The first-order chi connectivity index (χ1) is 14.5. The molecule has 0 heterocycles. The van der Waals surface area contributed by atoms with E-state index >= 15 is 0 Å². The molecular weight excluding hydrogens is 403 g/mol. The number of benzene rings is 3. The highest BCUT2D eigenvalue weighted by atomic mass is 35.5. The Hall–Kier alpha value is -3.62. The lowest BCUT2D eigenvalue weighted by Crippen LogP contribution is -2.43. The number of nitrogens with one attached hydrogen (secondary N) is 1. The zero-order valence-electron chi connectivity index (χ0n) is 15.9. The molecule has 0 fully saturated rings. The number of rotatable bonds is 6. The van der Waals surface area contributed by atoms with Gasteiger partial charge < -0.3 is 5.32 Å². The van der Waals surface area contributed by atoms with E-state index in [9.17, 15) is 14.0 Å². The first kappa shape index (κ1) is 21.1. The summed E-state index contributed by atoms with van der Waals surface area (Å²) in [5, 5.41) is 3.10. The normalized spacial score (nSPS) is 11.2. The fourth-order valence-corrected chi connectivity index (χ4v) is 3.24. The summed E-state index contributed by atoms with van der Waals surface area (Å²) in [6, 6.07) is 20.3. The van der Waals surface area contributed by atoms with Gasteiger partial charge in [0.1, 0.15) is 11.9 Å². The molecule has 0 aliphatic rings. The fourth-order valence-electron chi connectivity index (χ4n) is 3.05. The van der Waals surface area contributed by atoms with Crippen LogP contribution in [0.1, 0.15) is 17.2 Å². The van der Waals surface area contributed by atoms with Crippen molar-refractivity contribution < 1.29 is 14.0 Å². The van der Waals surface area contributed by atoms with Crippen molar-refractivity contribution >= 4 is 29.1 Å². The number of anilines is 1. The maximum Gasteiger partial charge on any atom is 0.303 e. The largest absolute Gasteiger partial charge is 0.350 e. The maximum absolute atomic E-state index is 14.0.